The SMILES string of the molecule is COCC(Br)CN(C)C(=O)COc1ccc(Cl)cc1. The van der Waals surface area contributed by atoms with Crippen molar-refractivity contribution in [3.63, 3.8) is 0 Å². The molecule has 106 valence electrons. The zero-order valence-electron chi connectivity index (χ0n) is 10.9. The molecule has 0 aliphatic carbocycles. The van der Waals surface area contributed by atoms with Gasteiger partial charge in [-0.2, -0.15) is 0 Å². The van der Waals surface area contributed by atoms with Crippen LogP contribution in [-0.2, 0) is 9.53 Å². The maximum absolute atomic E-state index is 11.8. The van der Waals surface area contributed by atoms with Crippen molar-refractivity contribution in [3.05, 3.63) is 29.3 Å². The Bertz CT molecular complexity index is 399. The van der Waals surface area contributed by atoms with E-state index >= 15 is 0 Å². The highest BCUT2D eigenvalue weighted by Crippen LogP contribution is 2.15. The third-order valence-electron chi connectivity index (χ3n) is 2.42. The molecule has 0 aromatic heterocycles. The lowest BCUT2D eigenvalue weighted by atomic mass is 10.3. The van der Waals surface area contributed by atoms with Crippen LogP contribution in [0.3, 0.4) is 0 Å². The van der Waals surface area contributed by atoms with Gasteiger partial charge in [0.25, 0.3) is 5.91 Å². The Kier molecular flexibility index (Phi) is 7.20. The zero-order valence-corrected chi connectivity index (χ0v) is 13.3. The summed E-state index contributed by atoms with van der Waals surface area (Å²) in [6, 6.07) is 6.90. The molecule has 4 nitrogen and oxygen atoms in total. The number of alkyl halides is 1. The molecular formula is C13H17BrClNO3. The molecule has 6 heteroatoms. The highest BCUT2D eigenvalue weighted by atomic mass is 79.9. The zero-order chi connectivity index (χ0) is 14.3. The Morgan fingerprint density at radius 1 is 1.42 bits per heavy atom. The second-order valence-electron chi connectivity index (χ2n) is 4.07. The van der Waals surface area contributed by atoms with E-state index in [1.54, 1.807) is 43.3 Å². The standard InChI is InChI=1S/C13H17BrClNO3/c1-16(7-10(14)8-18-2)13(17)9-19-12-5-3-11(15)4-6-12/h3-6,10H,7-9H2,1-2H3. The lowest BCUT2D eigenvalue weighted by molar-refractivity contribution is -0.132. The van der Waals surface area contributed by atoms with E-state index in [0.717, 1.165) is 0 Å². The molecule has 1 rings (SSSR count). The quantitative estimate of drug-likeness (QED) is 0.710. The third kappa shape index (κ3) is 6.27. The smallest absolute Gasteiger partial charge is 0.260 e. The first-order valence-electron chi connectivity index (χ1n) is 5.78. The first-order valence-corrected chi connectivity index (χ1v) is 7.07. The largest absolute Gasteiger partial charge is 0.484 e. The summed E-state index contributed by atoms with van der Waals surface area (Å²) >= 11 is 9.20. The predicted molar refractivity (Wildman–Crippen MR) is 79.2 cm³/mol. The van der Waals surface area contributed by atoms with Crippen molar-refractivity contribution in [1.29, 1.82) is 0 Å². The summed E-state index contributed by atoms with van der Waals surface area (Å²) < 4.78 is 10.4. The summed E-state index contributed by atoms with van der Waals surface area (Å²) in [6.07, 6.45) is 0. The van der Waals surface area contributed by atoms with Gasteiger partial charge < -0.3 is 14.4 Å². The molecule has 1 aromatic rings. The van der Waals surface area contributed by atoms with Crippen molar-refractivity contribution in [3.8, 4) is 5.75 Å². The van der Waals surface area contributed by atoms with E-state index in [0.29, 0.717) is 23.9 Å². The van der Waals surface area contributed by atoms with Gasteiger partial charge in [0.1, 0.15) is 5.75 Å². The van der Waals surface area contributed by atoms with Gasteiger partial charge in [0, 0.05) is 25.7 Å². The van der Waals surface area contributed by atoms with Crippen LogP contribution in [0, 0.1) is 0 Å². The summed E-state index contributed by atoms with van der Waals surface area (Å²) in [5, 5.41) is 0.637. The highest BCUT2D eigenvalue weighted by molar-refractivity contribution is 9.09. The molecule has 19 heavy (non-hydrogen) atoms. The monoisotopic (exact) mass is 349 g/mol. The molecule has 1 aromatic carbocycles. The maximum atomic E-state index is 11.8. The molecule has 0 aliphatic heterocycles. The molecule has 0 saturated carbocycles. The number of methoxy groups -OCH3 is 1. The Hall–Kier alpha value is -0.780. The second-order valence-corrected chi connectivity index (χ2v) is 5.80. The first kappa shape index (κ1) is 16.3. The molecule has 1 unspecified atom stereocenters. The number of hydrogen-bond donors (Lipinski definition) is 0. The van der Waals surface area contributed by atoms with E-state index in [-0.39, 0.29) is 17.3 Å². The number of likely N-dealkylation sites (N-methyl/N-ethyl adjacent to an activating group) is 1. The van der Waals surface area contributed by atoms with Gasteiger partial charge in [-0.05, 0) is 24.3 Å². The van der Waals surface area contributed by atoms with E-state index in [9.17, 15) is 4.79 Å². The molecule has 0 heterocycles. The molecule has 0 fully saturated rings. The Morgan fingerprint density at radius 2 is 2.05 bits per heavy atom. The third-order valence-corrected chi connectivity index (χ3v) is 3.23. The van der Waals surface area contributed by atoms with Gasteiger partial charge >= 0.3 is 0 Å². The molecule has 1 atom stereocenters. The fraction of sp³-hybridized carbons (Fsp3) is 0.462. The van der Waals surface area contributed by atoms with Gasteiger partial charge in [0.2, 0.25) is 0 Å². The van der Waals surface area contributed by atoms with E-state index in [2.05, 4.69) is 15.9 Å². The molecule has 0 aliphatic rings. The number of ether oxygens (including phenoxy) is 2. The van der Waals surface area contributed by atoms with E-state index < -0.39 is 0 Å². The van der Waals surface area contributed by atoms with Crippen LogP contribution in [0.15, 0.2) is 24.3 Å². The average Bonchev–Trinajstić information content (AvgIpc) is 2.37. The number of rotatable bonds is 7. The van der Waals surface area contributed by atoms with Crippen molar-refractivity contribution < 1.29 is 14.3 Å². The van der Waals surface area contributed by atoms with Gasteiger partial charge in [-0.25, -0.2) is 0 Å². The highest BCUT2D eigenvalue weighted by Gasteiger charge is 2.14. The molecule has 1 amide bonds. The Morgan fingerprint density at radius 3 is 2.63 bits per heavy atom. The van der Waals surface area contributed by atoms with Crippen LogP contribution in [0.4, 0.5) is 0 Å². The normalized spacial score (nSPS) is 12.0. The van der Waals surface area contributed by atoms with Gasteiger partial charge in [-0.15, -0.1) is 0 Å². The van der Waals surface area contributed by atoms with Crippen molar-refractivity contribution in [1.82, 2.24) is 4.90 Å². The number of hydrogen-bond acceptors (Lipinski definition) is 3. The van der Waals surface area contributed by atoms with Crippen LogP contribution in [0.2, 0.25) is 5.02 Å². The van der Waals surface area contributed by atoms with Gasteiger partial charge in [-0.1, -0.05) is 27.5 Å². The number of amides is 1. The number of nitrogens with zero attached hydrogens (tertiary/aromatic N) is 1. The average molecular weight is 351 g/mol. The fourth-order valence-electron chi connectivity index (χ4n) is 1.42. The molecule has 0 spiro atoms. The van der Waals surface area contributed by atoms with Crippen LogP contribution in [0.1, 0.15) is 0 Å². The lowest BCUT2D eigenvalue weighted by Gasteiger charge is -2.20. The number of benzene rings is 1. The fourth-order valence-corrected chi connectivity index (χ4v) is 2.24. The topological polar surface area (TPSA) is 38.8 Å². The second kappa shape index (κ2) is 8.40. The van der Waals surface area contributed by atoms with Crippen molar-refractivity contribution >= 4 is 33.4 Å². The molecule has 0 radical (unpaired) electrons. The van der Waals surface area contributed by atoms with Crippen molar-refractivity contribution in [2.45, 2.75) is 4.83 Å². The van der Waals surface area contributed by atoms with E-state index in [4.69, 9.17) is 21.1 Å². The number of halogens is 2. The van der Waals surface area contributed by atoms with Crippen molar-refractivity contribution in [2.75, 3.05) is 33.9 Å². The minimum Gasteiger partial charge on any atom is -0.484 e. The molecule has 0 bridgehead atoms. The van der Waals surface area contributed by atoms with Gasteiger partial charge in [-0.3, -0.25) is 4.79 Å². The van der Waals surface area contributed by atoms with Crippen LogP contribution in [-0.4, -0.2) is 49.6 Å². The van der Waals surface area contributed by atoms with Gasteiger partial charge in [0.05, 0.1) is 11.4 Å². The number of carbonyl (C=O) groups is 1. The number of carbonyl (C=O) groups excluding carboxylic acids is 1. The molecule has 0 saturated heterocycles. The van der Waals surface area contributed by atoms with Crippen molar-refractivity contribution in [2.24, 2.45) is 0 Å². The first-order chi connectivity index (χ1) is 9.02. The predicted octanol–water partition coefficient (Wildman–Crippen LogP) is 2.59. The minimum atomic E-state index is -0.0875. The van der Waals surface area contributed by atoms with E-state index in [1.807, 2.05) is 0 Å². The summed E-state index contributed by atoms with van der Waals surface area (Å²) in [5.74, 6) is 0.536. The molecular weight excluding hydrogens is 334 g/mol. The summed E-state index contributed by atoms with van der Waals surface area (Å²) in [5.41, 5.74) is 0. The van der Waals surface area contributed by atoms with Crippen LogP contribution in [0.5, 0.6) is 5.75 Å². The summed E-state index contributed by atoms with van der Waals surface area (Å²) in [6.45, 7) is 1.12. The lowest BCUT2D eigenvalue weighted by Crippen LogP contribution is -2.36. The van der Waals surface area contributed by atoms with Crippen LogP contribution in [0.25, 0.3) is 0 Å². The van der Waals surface area contributed by atoms with Crippen LogP contribution < -0.4 is 4.74 Å². The van der Waals surface area contributed by atoms with E-state index in [1.165, 1.54) is 0 Å². The Labute approximate surface area is 126 Å². The summed E-state index contributed by atoms with van der Waals surface area (Å²) in [7, 11) is 3.36. The maximum Gasteiger partial charge on any atom is 0.260 e. The molecule has 0 N–H and O–H groups in total. The summed E-state index contributed by atoms with van der Waals surface area (Å²) in [4.78, 5) is 13.6. The van der Waals surface area contributed by atoms with Crippen LogP contribution >= 0.6 is 27.5 Å². The Balaban J connectivity index is 2.36. The van der Waals surface area contributed by atoms with Gasteiger partial charge in [0.15, 0.2) is 6.61 Å². The minimum absolute atomic E-state index is 0.00480.